The summed E-state index contributed by atoms with van der Waals surface area (Å²) < 4.78 is 0. The summed E-state index contributed by atoms with van der Waals surface area (Å²) in [5, 5.41) is 2.50. The molecule has 0 saturated heterocycles. The summed E-state index contributed by atoms with van der Waals surface area (Å²) in [6, 6.07) is 19.0. The Morgan fingerprint density at radius 2 is 1.57 bits per heavy atom. The van der Waals surface area contributed by atoms with Gasteiger partial charge in [-0.15, -0.1) is 35.0 Å². The number of benzene rings is 2. The Bertz CT molecular complexity index is 563. The number of carbonyl (C=O) groups is 1. The summed E-state index contributed by atoms with van der Waals surface area (Å²) in [6.45, 7) is 0. The zero-order valence-corrected chi connectivity index (χ0v) is 13.5. The van der Waals surface area contributed by atoms with Gasteiger partial charge in [-0.05, 0) is 17.7 Å². The van der Waals surface area contributed by atoms with Gasteiger partial charge >= 0.3 is 0 Å². The third kappa shape index (κ3) is 5.27. The fourth-order valence-corrected chi connectivity index (χ4v) is 3.20. The Morgan fingerprint density at radius 3 is 2.14 bits per heavy atom. The molecule has 0 spiro atoms. The number of amides is 1. The second-order valence-corrected chi connectivity index (χ2v) is 6.68. The highest BCUT2D eigenvalue weighted by molar-refractivity contribution is 7.99. The van der Waals surface area contributed by atoms with Gasteiger partial charge in [-0.3, -0.25) is 4.79 Å². The van der Waals surface area contributed by atoms with Crippen LogP contribution < -0.4 is 5.32 Å². The monoisotopic (exact) mass is 339 g/mol. The van der Waals surface area contributed by atoms with Crippen LogP contribution in [0.3, 0.4) is 0 Å². The quantitative estimate of drug-likeness (QED) is 0.621. The fourth-order valence-electron chi connectivity index (χ4n) is 1.74. The van der Waals surface area contributed by atoms with E-state index >= 15 is 0 Å². The van der Waals surface area contributed by atoms with E-state index in [1.54, 1.807) is 12.1 Å². The summed E-state index contributed by atoms with van der Waals surface area (Å²) in [5.74, 6) is 0.559. The van der Waals surface area contributed by atoms with Crippen LogP contribution in [0.4, 0.5) is 0 Å². The van der Waals surface area contributed by atoms with E-state index in [0.29, 0.717) is 5.56 Å². The normalized spacial score (nSPS) is 12.1. The van der Waals surface area contributed by atoms with Crippen molar-refractivity contribution in [2.75, 3.05) is 0 Å². The van der Waals surface area contributed by atoms with Gasteiger partial charge in [0.1, 0.15) is 10.2 Å². The molecule has 2 nitrogen and oxygen atoms in total. The number of carbonyl (C=O) groups excluding carboxylic acids is 1. The van der Waals surface area contributed by atoms with Crippen LogP contribution in [0.5, 0.6) is 0 Å². The number of halogens is 2. The van der Waals surface area contributed by atoms with Crippen LogP contribution in [-0.2, 0) is 5.75 Å². The predicted octanol–water partition coefficient (Wildman–Crippen LogP) is 4.48. The molecule has 2 rings (SSSR count). The second-order valence-electron chi connectivity index (χ2n) is 4.39. The summed E-state index contributed by atoms with van der Waals surface area (Å²) in [6.07, 6.45) is 0. The molecule has 0 aromatic heterocycles. The molecule has 1 amide bonds. The average Bonchev–Trinajstić information content (AvgIpc) is 2.52. The highest BCUT2D eigenvalue weighted by Crippen LogP contribution is 2.24. The molecule has 110 valence electrons. The van der Waals surface area contributed by atoms with Crippen molar-refractivity contribution in [1.82, 2.24) is 5.32 Å². The first kappa shape index (κ1) is 16.2. The summed E-state index contributed by atoms with van der Waals surface area (Å²) in [7, 11) is 0. The van der Waals surface area contributed by atoms with E-state index in [4.69, 9.17) is 23.2 Å². The second kappa shape index (κ2) is 8.32. The van der Waals surface area contributed by atoms with Crippen molar-refractivity contribution >= 4 is 40.9 Å². The number of hydrogen-bond donors (Lipinski definition) is 1. The Labute approximate surface area is 138 Å². The van der Waals surface area contributed by atoms with E-state index in [2.05, 4.69) is 5.32 Å². The van der Waals surface area contributed by atoms with Crippen molar-refractivity contribution in [3.63, 3.8) is 0 Å². The van der Waals surface area contributed by atoms with Crippen molar-refractivity contribution < 1.29 is 4.79 Å². The molecule has 0 saturated carbocycles. The fraction of sp³-hybridized carbons (Fsp3) is 0.188. The SMILES string of the molecule is O=C(N[C@H](SCc1ccccc1)C(Cl)Cl)c1ccccc1. The first-order valence-electron chi connectivity index (χ1n) is 6.46. The number of nitrogens with one attached hydrogen (secondary N) is 1. The van der Waals surface area contributed by atoms with Gasteiger partial charge in [0.15, 0.2) is 0 Å². The molecule has 0 radical (unpaired) electrons. The topological polar surface area (TPSA) is 29.1 Å². The molecule has 0 aliphatic rings. The highest BCUT2D eigenvalue weighted by Gasteiger charge is 2.20. The van der Waals surface area contributed by atoms with Crippen molar-refractivity contribution in [3.05, 3.63) is 71.8 Å². The molecule has 1 N–H and O–H groups in total. The number of hydrogen-bond acceptors (Lipinski definition) is 2. The van der Waals surface area contributed by atoms with Gasteiger partial charge in [0, 0.05) is 11.3 Å². The van der Waals surface area contributed by atoms with Gasteiger partial charge < -0.3 is 5.32 Å². The first-order valence-corrected chi connectivity index (χ1v) is 8.38. The molecule has 0 heterocycles. The highest BCUT2D eigenvalue weighted by atomic mass is 35.5. The maximum absolute atomic E-state index is 12.1. The summed E-state index contributed by atoms with van der Waals surface area (Å²) in [5.41, 5.74) is 1.76. The van der Waals surface area contributed by atoms with Gasteiger partial charge in [-0.25, -0.2) is 0 Å². The summed E-state index contributed by atoms with van der Waals surface area (Å²) >= 11 is 13.5. The van der Waals surface area contributed by atoms with E-state index in [9.17, 15) is 4.79 Å². The molecular formula is C16H15Cl2NOS. The van der Waals surface area contributed by atoms with E-state index in [1.165, 1.54) is 11.8 Å². The standard InChI is InChI=1S/C16H15Cl2NOS/c17-14(18)16(21-11-12-7-3-1-4-8-12)19-15(20)13-9-5-2-6-10-13/h1-10,14,16H,11H2,(H,19,20)/t16-/m1/s1. The Balaban J connectivity index is 1.95. The molecule has 5 heteroatoms. The van der Waals surface area contributed by atoms with E-state index in [1.807, 2.05) is 48.5 Å². The van der Waals surface area contributed by atoms with Crippen molar-refractivity contribution in [2.45, 2.75) is 16.0 Å². The first-order chi connectivity index (χ1) is 10.2. The maximum Gasteiger partial charge on any atom is 0.252 e. The van der Waals surface area contributed by atoms with E-state index < -0.39 is 4.84 Å². The molecule has 0 bridgehead atoms. The van der Waals surface area contributed by atoms with Crippen LogP contribution in [0.25, 0.3) is 0 Å². The van der Waals surface area contributed by atoms with E-state index in [0.717, 1.165) is 11.3 Å². The summed E-state index contributed by atoms with van der Waals surface area (Å²) in [4.78, 5) is 11.5. The van der Waals surface area contributed by atoms with Crippen LogP contribution in [0, 0.1) is 0 Å². The van der Waals surface area contributed by atoms with Gasteiger partial charge in [0.05, 0.1) is 0 Å². The lowest BCUT2D eigenvalue weighted by atomic mass is 10.2. The predicted molar refractivity (Wildman–Crippen MR) is 90.9 cm³/mol. The third-order valence-corrected chi connectivity index (χ3v) is 4.86. The molecule has 0 aliphatic heterocycles. The van der Waals surface area contributed by atoms with Crippen LogP contribution in [0.15, 0.2) is 60.7 Å². The van der Waals surface area contributed by atoms with Gasteiger partial charge in [0.2, 0.25) is 0 Å². The Hall–Kier alpha value is -1.16. The Kier molecular flexibility index (Phi) is 6.43. The van der Waals surface area contributed by atoms with Gasteiger partial charge in [0.25, 0.3) is 5.91 Å². The smallest absolute Gasteiger partial charge is 0.252 e. The zero-order chi connectivity index (χ0) is 15.1. The largest absolute Gasteiger partial charge is 0.337 e. The Morgan fingerprint density at radius 1 is 1.00 bits per heavy atom. The van der Waals surface area contributed by atoms with Crippen LogP contribution in [0.2, 0.25) is 0 Å². The molecule has 2 aromatic carbocycles. The minimum Gasteiger partial charge on any atom is -0.337 e. The van der Waals surface area contributed by atoms with Crippen molar-refractivity contribution in [2.24, 2.45) is 0 Å². The third-order valence-electron chi connectivity index (χ3n) is 2.81. The number of alkyl halides is 2. The zero-order valence-electron chi connectivity index (χ0n) is 11.2. The van der Waals surface area contributed by atoms with Gasteiger partial charge in [-0.2, -0.15) is 0 Å². The van der Waals surface area contributed by atoms with Crippen LogP contribution in [0.1, 0.15) is 15.9 Å². The molecule has 0 unspecified atom stereocenters. The van der Waals surface area contributed by atoms with Crippen molar-refractivity contribution in [3.8, 4) is 0 Å². The van der Waals surface area contributed by atoms with Gasteiger partial charge in [-0.1, -0.05) is 48.5 Å². The molecule has 21 heavy (non-hydrogen) atoms. The average molecular weight is 340 g/mol. The molecule has 2 aromatic rings. The molecule has 0 aliphatic carbocycles. The van der Waals surface area contributed by atoms with Crippen molar-refractivity contribution in [1.29, 1.82) is 0 Å². The molecule has 0 fully saturated rings. The lowest BCUT2D eigenvalue weighted by Crippen LogP contribution is -2.36. The number of rotatable bonds is 6. The maximum atomic E-state index is 12.1. The lowest BCUT2D eigenvalue weighted by Gasteiger charge is -2.19. The van der Waals surface area contributed by atoms with Crippen LogP contribution >= 0.6 is 35.0 Å². The van der Waals surface area contributed by atoms with Crippen LogP contribution in [-0.4, -0.2) is 16.1 Å². The molecular weight excluding hydrogens is 325 g/mol. The molecule has 1 atom stereocenters. The number of thioether (sulfide) groups is 1. The lowest BCUT2D eigenvalue weighted by molar-refractivity contribution is 0.0951. The minimum absolute atomic E-state index is 0.174. The van der Waals surface area contributed by atoms with E-state index in [-0.39, 0.29) is 11.3 Å². The minimum atomic E-state index is -0.675.